The third-order valence-electron chi connectivity index (χ3n) is 6.43. The summed E-state index contributed by atoms with van der Waals surface area (Å²) in [5, 5.41) is 2.36. The number of likely N-dealkylation sites (tertiary alicyclic amines) is 1. The molecule has 1 aliphatic heterocycles. The molecule has 4 heteroatoms. The van der Waals surface area contributed by atoms with Gasteiger partial charge in [0.05, 0.1) is 12.6 Å². The molecule has 4 rings (SSSR count). The molecule has 1 aliphatic rings. The number of ether oxygens (including phenoxy) is 1. The van der Waals surface area contributed by atoms with E-state index in [1.54, 1.807) is 7.11 Å². The predicted molar refractivity (Wildman–Crippen MR) is 119 cm³/mol. The molecule has 0 N–H and O–H groups in total. The highest BCUT2D eigenvalue weighted by atomic mass is 16.5. The summed E-state index contributed by atoms with van der Waals surface area (Å²) in [7, 11) is 1.69. The fourth-order valence-electron chi connectivity index (χ4n) is 5.14. The quantitative estimate of drug-likeness (QED) is 0.512. The molecular weight excluding hydrogens is 360 g/mol. The van der Waals surface area contributed by atoms with Crippen molar-refractivity contribution >= 4 is 27.7 Å². The number of benzene rings is 2. The third-order valence-corrected chi connectivity index (χ3v) is 6.43. The Morgan fingerprint density at radius 3 is 2.28 bits per heavy atom. The van der Waals surface area contributed by atoms with E-state index in [0.29, 0.717) is 18.6 Å². The molecule has 2 atom stereocenters. The smallest absolute Gasteiger partial charge is 0.243 e. The molecule has 154 valence electrons. The maximum absolute atomic E-state index is 13.6. The Labute approximate surface area is 173 Å². The van der Waals surface area contributed by atoms with Crippen LogP contribution >= 0.6 is 0 Å². The molecule has 2 heterocycles. The van der Waals surface area contributed by atoms with Crippen molar-refractivity contribution in [1.29, 1.82) is 0 Å². The normalized spacial score (nSPS) is 19.3. The molecular formula is C25H32N2O2. The van der Waals surface area contributed by atoms with Gasteiger partial charge in [-0.05, 0) is 43.9 Å². The lowest BCUT2D eigenvalue weighted by atomic mass is 10.1. The average Bonchev–Trinajstić information content (AvgIpc) is 3.27. The monoisotopic (exact) mass is 392 g/mol. The Balaban J connectivity index is 1.74. The molecule has 4 nitrogen and oxygen atoms in total. The molecule has 3 aromatic rings. The van der Waals surface area contributed by atoms with E-state index < -0.39 is 0 Å². The minimum atomic E-state index is 0.255. The van der Waals surface area contributed by atoms with Gasteiger partial charge in [0, 0.05) is 34.4 Å². The molecule has 0 spiro atoms. The standard InChI is InChI=1S/C25H32N2O2/c1-4-8-18-12-13-19(9-5-2)27(18)25(28)17-26-23-11-7-6-10-21(23)22-15-14-20(29-3)16-24(22)26/h6-7,10-11,14-16,18-19H,4-5,8-9,12-13,17H2,1-3H3/t18-,19-/m0/s1. The zero-order valence-corrected chi connectivity index (χ0v) is 17.9. The topological polar surface area (TPSA) is 34.5 Å². The Morgan fingerprint density at radius 2 is 1.62 bits per heavy atom. The Morgan fingerprint density at radius 1 is 0.966 bits per heavy atom. The third kappa shape index (κ3) is 3.61. The SMILES string of the molecule is CCC[C@H]1CC[C@H](CCC)N1C(=O)Cn1c2ccccc2c2ccc(OC)cc21. The highest BCUT2D eigenvalue weighted by Crippen LogP contribution is 2.34. The number of aromatic nitrogens is 1. The van der Waals surface area contributed by atoms with Crippen LogP contribution in [-0.2, 0) is 11.3 Å². The van der Waals surface area contributed by atoms with Crippen molar-refractivity contribution in [2.45, 2.75) is 71.0 Å². The van der Waals surface area contributed by atoms with E-state index in [1.807, 2.05) is 6.07 Å². The van der Waals surface area contributed by atoms with Crippen molar-refractivity contribution in [1.82, 2.24) is 9.47 Å². The van der Waals surface area contributed by atoms with Crippen LogP contribution < -0.4 is 4.74 Å². The van der Waals surface area contributed by atoms with Crippen LogP contribution in [0.15, 0.2) is 42.5 Å². The van der Waals surface area contributed by atoms with Crippen LogP contribution in [0.1, 0.15) is 52.4 Å². The molecule has 0 aliphatic carbocycles. The molecule has 0 radical (unpaired) electrons. The summed E-state index contributed by atoms with van der Waals surface area (Å²) in [6.45, 7) is 4.82. The van der Waals surface area contributed by atoms with Crippen LogP contribution in [0, 0.1) is 0 Å². The average molecular weight is 393 g/mol. The summed E-state index contributed by atoms with van der Waals surface area (Å²) in [5.41, 5.74) is 2.18. The van der Waals surface area contributed by atoms with Crippen LogP contribution in [0.3, 0.4) is 0 Å². The van der Waals surface area contributed by atoms with Crippen molar-refractivity contribution in [3.05, 3.63) is 42.5 Å². The molecule has 1 aromatic heterocycles. The zero-order valence-electron chi connectivity index (χ0n) is 17.9. The van der Waals surface area contributed by atoms with Crippen molar-refractivity contribution < 1.29 is 9.53 Å². The second-order valence-electron chi connectivity index (χ2n) is 8.25. The van der Waals surface area contributed by atoms with E-state index in [9.17, 15) is 4.79 Å². The first kappa shape index (κ1) is 19.8. The summed E-state index contributed by atoms with van der Waals surface area (Å²) in [6.07, 6.45) is 6.75. The van der Waals surface area contributed by atoms with Crippen molar-refractivity contribution in [3.8, 4) is 5.75 Å². The Bertz CT molecular complexity index is 993. The lowest BCUT2D eigenvalue weighted by Crippen LogP contribution is -2.42. The molecule has 1 fully saturated rings. The number of methoxy groups -OCH3 is 1. The summed E-state index contributed by atoms with van der Waals surface area (Å²) in [6, 6.07) is 15.3. The van der Waals surface area contributed by atoms with Gasteiger partial charge < -0.3 is 14.2 Å². The van der Waals surface area contributed by atoms with Gasteiger partial charge >= 0.3 is 0 Å². The molecule has 0 unspecified atom stereocenters. The summed E-state index contributed by atoms with van der Waals surface area (Å²) in [5.74, 6) is 1.08. The minimum absolute atomic E-state index is 0.255. The molecule has 1 saturated heterocycles. The van der Waals surface area contributed by atoms with Gasteiger partial charge in [0.15, 0.2) is 0 Å². The second kappa shape index (κ2) is 8.48. The number of nitrogens with zero attached hydrogens (tertiary/aromatic N) is 2. The number of amides is 1. The largest absolute Gasteiger partial charge is 0.497 e. The van der Waals surface area contributed by atoms with Crippen molar-refractivity contribution in [2.24, 2.45) is 0 Å². The number of hydrogen-bond donors (Lipinski definition) is 0. The van der Waals surface area contributed by atoms with Gasteiger partial charge in [-0.1, -0.05) is 44.9 Å². The van der Waals surface area contributed by atoms with Crippen LogP contribution in [0.5, 0.6) is 5.75 Å². The Kier molecular flexibility index (Phi) is 5.79. The first-order valence-corrected chi connectivity index (χ1v) is 11.0. The van der Waals surface area contributed by atoms with Crippen molar-refractivity contribution in [3.63, 3.8) is 0 Å². The van der Waals surface area contributed by atoms with Crippen LogP contribution in [0.2, 0.25) is 0 Å². The van der Waals surface area contributed by atoms with Crippen molar-refractivity contribution in [2.75, 3.05) is 7.11 Å². The number of rotatable bonds is 7. The van der Waals surface area contributed by atoms with E-state index >= 15 is 0 Å². The highest BCUT2D eigenvalue weighted by Gasteiger charge is 2.35. The summed E-state index contributed by atoms with van der Waals surface area (Å²) < 4.78 is 7.65. The predicted octanol–water partition coefficient (Wildman–Crippen LogP) is 5.76. The van der Waals surface area contributed by atoms with Gasteiger partial charge in [0.1, 0.15) is 12.3 Å². The van der Waals surface area contributed by atoms with Gasteiger partial charge in [0.2, 0.25) is 5.91 Å². The van der Waals surface area contributed by atoms with Gasteiger partial charge in [-0.2, -0.15) is 0 Å². The first-order chi connectivity index (χ1) is 14.2. The maximum atomic E-state index is 13.6. The number of para-hydroxylation sites is 1. The lowest BCUT2D eigenvalue weighted by Gasteiger charge is -2.31. The Hall–Kier alpha value is -2.49. The molecule has 1 amide bonds. The number of carbonyl (C=O) groups is 1. The minimum Gasteiger partial charge on any atom is -0.497 e. The van der Waals surface area contributed by atoms with Crippen LogP contribution in [0.25, 0.3) is 21.8 Å². The molecule has 0 saturated carbocycles. The maximum Gasteiger partial charge on any atom is 0.243 e. The van der Waals surface area contributed by atoms with E-state index in [1.165, 1.54) is 10.8 Å². The fourth-order valence-corrected chi connectivity index (χ4v) is 5.14. The van der Waals surface area contributed by atoms with Gasteiger partial charge in [-0.25, -0.2) is 0 Å². The van der Waals surface area contributed by atoms with Gasteiger partial charge in [-0.15, -0.1) is 0 Å². The highest BCUT2D eigenvalue weighted by molar-refractivity contribution is 6.09. The van der Waals surface area contributed by atoms with Crippen LogP contribution in [0.4, 0.5) is 0 Å². The molecule has 2 aromatic carbocycles. The first-order valence-electron chi connectivity index (χ1n) is 11.0. The zero-order chi connectivity index (χ0) is 20.4. The number of hydrogen-bond acceptors (Lipinski definition) is 2. The fraction of sp³-hybridized carbons (Fsp3) is 0.480. The van der Waals surface area contributed by atoms with E-state index in [2.05, 4.69) is 59.7 Å². The summed E-state index contributed by atoms with van der Waals surface area (Å²) in [4.78, 5) is 15.8. The number of carbonyl (C=O) groups excluding carboxylic acids is 1. The van der Waals surface area contributed by atoms with Gasteiger partial charge in [-0.3, -0.25) is 4.79 Å². The lowest BCUT2D eigenvalue weighted by molar-refractivity contribution is -0.134. The van der Waals surface area contributed by atoms with E-state index in [-0.39, 0.29) is 5.91 Å². The van der Waals surface area contributed by atoms with E-state index in [4.69, 9.17) is 4.74 Å². The molecule has 0 bridgehead atoms. The second-order valence-corrected chi connectivity index (χ2v) is 8.25. The number of fused-ring (bicyclic) bond motifs is 3. The summed E-state index contributed by atoms with van der Waals surface area (Å²) >= 11 is 0. The van der Waals surface area contributed by atoms with Gasteiger partial charge in [0.25, 0.3) is 0 Å². The van der Waals surface area contributed by atoms with Crippen LogP contribution in [-0.4, -0.2) is 34.6 Å². The molecule has 29 heavy (non-hydrogen) atoms. The van der Waals surface area contributed by atoms with E-state index in [0.717, 1.165) is 55.3 Å².